The first kappa shape index (κ1) is 15.9. The molecule has 0 aliphatic carbocycles. The average molecular weight is 338 g/mol. The quantitative estimate of drug-likeness (QED) is 0.748. The summed E-state index contributed by atoms with van der Waals surface area (Å²) in [5.41, 5.74) is 2.18. The van der Waals surface area contributed by atoms with Crippen LogP contribution in [0, 0.1) is 0 Å². The number of aromatic amines is 1. The number of ether oxygens (including phenoxy) is 2. The van der Waals surface area contributed by atoms with Gasteiger partial charge in [-0.3, -0.25) is 0 Å². The van der Waals surface area contributed by atoms with Crippen molar-refractivity contribution in [1.82, 2.24) is 15.0 Å². The molecule has 3 heterocycles. The minimum absolute atomic E-state index is 0.0259. The Labute approximate surface area is 146 Å². The molecule has 1 aliphatic rings. The van der Waals surface area contributed by atoms with Gasteiger partial charge in [-0.25, -0.2) is 9.97 Å². The van der Waals surface area contributed by atoms with Crippen LogP contribution < -0.4 is 10.1 Å². The molecule has 0 amide bonds. The van der Waals surface area contributed by atoms with Crippen molar-refractivity contribution >= 4 is 16.9 Å². The maximum Gasteiger partial charge on any atom is 0.142 e. The summed E-state index contributed by atoms with van der Waals surface area (Å²) in [7, 11) is 1.69. The highest BCUT2D eigenvalue weighted by Crippen LogP contribution is 2.36. The number of fused-ring (bicyclic) bond motifs is 1. The zero-order valence-corrected chi connectivity index (χ0v) is 14.3. The second kappa shape index (κ2) is 6.72. The number of anilines is 1. The fraction of sp³-hybridized carbons (Fsp3) is 0.368. The van der Waals surface area contributed by atoms with Crippen LogP contribution in [0.2, 0.25) is 0 Å². The van der Waals surface area contributed by atoms with E-state index in [0.29, 0.717) is 0 Å². The van der Waals surface area contributed by atoms with E-state index in [0.717, 1.165) is 55.2 Å². The third-order valence-corrected chi connectivity index (χ3v) is 5.10. The fourth-order valence-electron chi connectivity index (χ4n) is 3.54. The third kappa shape index (κ3) is 3.05. The van der Waals surface area contributed by atoms with Crippen LogP contribution in [0.3, 0.4) is 0 Å². The summed E-state index contributed by atoms with van der Waals surface area (Å²) < 4.78 is 10.9. The highest BCUT2D eigenvalue weighted by atomic mass is 16.5. The fourth-order valence-corrected chi connectivity index (χ4v) is 3.54. The van der Waals surface area contributed by atoms with Crippen molar-refractivity contribution in [2.75, 3.05) is 32.2 Å². The Morgan fingerprint density at radius 3 is 2.72 bits per heavy atom. The van der Waals surface area contributed by atoms with Crippen molar-refractivity contribution in [1.29, 1.82) is 0 Å². The Bertz CT molecular complexity index is 838. The lowest BCUT2D eigenvalue weighted by molar-refractivity contribution is 0.0543. The van der Waals surface area contributed by atoms with Gasteiger partial charge in [-0.1, -0.05) is 12.1 Å². The second-order valence-corrected chi connectivity index (χ2v) is 6.44. The van der Waals surface area contributed by atoms with E-state index in [4.69, 9.17) is 9.47 Å². The largest absolute Gasteiger partial charge is 0.497 e. The molecule has 0 radical (unpaired) electrons. The molecule has 0 unspecified atom stereocenters. The molecule has 2 aromatic heterocycles. The van der Waals surface area contributed by atoms with E-state index < -0.39 is 0 Å². The Morgan fingerprint density at radius 2 is 1.96 bits per heavy atom. The van der Waals surface area contributed by atoms with Gasteiger partial charge in [0.15, 0.2) is 0 Å². The topological polar surface area (TPSA) is 72.1 Å². The molecule has 1 fully saturated rings. The number of hydrogen-bond donors (Lipinski definition) is 2. The highest BCUT2D eigenvalue weighted by molar-refractivity contribution is 5.86. The molecule has 130 valence electrons. The number of rotatable bonds is 5. The highest BCUT2D eigenvalue weighted by Gasteiger charge is 2.34. The predicted octanol–water partition coefficient (Wildman–Crippen LogP) is 3.13. The Balaban J connectivity index is 1.61. The van der Waals surface area contributed by atoms with Crippen LogP contribution in [0.15, 0.2) is 42.9 Å². The standard InChI is InChI=1S/C19H22N4O2/c1-24-15-4-2-14(3-5-15)19(7-10-25-11-8-19)12-21-18-16-6-9-20-17(16)22-13-23-18/h2-6,9,13H,7-8,10-12H2,1H3,(H2,20,21,22,23). The van der Waals surface area contributed by atoms with Crippen molar-refractivity contribution in [2.45, 2.75) is 18.3 Å². The Morgan fingerprint density at radius 1 is 1.16 bits per heavy atom. The maximum absolute atomic E-state index is 5.62. The number of aromatic nitrogens is 3. The normalized spacial score (nSPS) is 16.7. The first-order chi connectivity index (χ1) is 12.3. The lowest BCUT2D eigenvalue weighted by Gasteiger charge is -2.38. The summed E-state index contributed by atoms with van der Waals surface area (Å²) >= 11 is 0. The van der Waals surface area contributed by atoms with E-state index in [-0.39, 0.29) is 5.41 Å². The molecule has 2 N–H and O–H groups in total. The van der Waals surface area contributed by atoms with Gasteiger partial charge in [0.2, 0.25) is 0 Å². The van der Waals surface area contributed by atoms with Crippen LogP contribution in [0.5, 0.6) is 5.75 Å². The zero-order chi connectivity index (χ0) is 17.1. The minimum Gasteiger partial charge on any atom is -0.497 e. The van der Waals surface area contributed by atoms with E-state index in [1.165, 1.54) is 5.56 Å². The van der Waals surface area contributed by atoms with Crippen molar-refractivity contribution in [2.24, 2.45) is 0 Å². The van der Waals surface area contributed by atoms with Gasteiger partial charge in [0.1, 0.15) is 23.5 Å². The van der Waals surface area contributed by atoms with Gasteiger partial charge in [0.05, 0.1) is 12.5 Å². The summed E-state index contributed by atoms with van der Waals surface area (Å²) in [5.74, 6) is 1.74. The second-order valence-electron chi connectivity index (χ2n) is 6.44. The van der Waals surface area contributed by atoms with Crippen molar-refractivity contribution < 1.29 is 9.47 Å². The van der Waals surface area contributed by atoms with E-state index >= 15 is 0 Å². The Kier molecular flexibility index (Phi) is 4.28. The van der Waals surface area contributed by atoms with Crippen molar-refractivity contribution in [3.05, 3.63) is 48.4 Å². The SMILES string of the molecule is COc1ccc(C2(CNc3ncnc4[nH]ccc34)CCOCC2)cc1. The van der Waals surface area contributed by atoms with Crippen LogP contribution in [0.4, 0.5) is 5.82 Å². The van der Waals surface area contributed by atoms with Gasteiger partial charge in [0, 0.05) is 31.4 Å². The van der Waals surface area contributed by atoms with Gasteiger partial charge < -0.3 is 19.8 Å². The molecule has 0 atom stereocenters. The maximum atomic E-state index is 5.62. The predicted molar refractivity (Wildman–Crippen MR) is 97.1 cm³/mol. The number of nitrogens with one attached hydrogen (secondary N) is 2. The molecule has 0 saturated carbocycles. The summed E-state index contributed by atoms with van der Waals surface area (Å²) in [6.45, 7) is 2.36. The number of hydrogen-bond acceptors (Lipinski definition) is 5. The van der Waals surface area contributed by atoms with Gasteiger partial charge in [-0.2, -0.15) is 0 Å². The Hall–Kier alpha value is -2.60. The minimum atomic E-state index is 0.0259. The lowest BCUT2D eigenvalue weighted by Crippen LogP contribution is -2.40. The van der Waals surface area contributed by atoms with Crippen LogP contribution in [-0.4, -0.2) is 41.8 Å². The van der Waals surface area contributed by atoms with Gasteiger partial charge in [0.25, 0.3) is 0 Å². The van der Waals surface area contributed by atoms with Crippen LogP contribution >= 0.6 is 0 Å². The third-order valence-electron chi connectivity index (χ3n) is 5.10. The zero-order valence-electron chi connectivity index (χ0n) is 14.3. The van der Waals surface area contributed by atoms with Crippen LogP contribution in [0.1, 0.15) is 18.4 Å². The summed E-state index contributed by atoms with van der Waals surface area (Å²) in [6, 6.07) is 10.4. The molecule has 6 nitrogen and oxygen atoms in total. The molecule has 1 saturated heterocycles. The van der Waals surface area contributed by atoms with E-state index in [1.807, 2.05) is 24.4 Å². The molecule has 25 heavy (non-hydrogen) atoms. The van der Waals surface area contributed by atoms with Gasteiger partial charge in [-0.15, -0.1) is 0 Å². The van der Waals surface area contributed by atoms with Crippen LogP contribution in [0.25, 0.3) is 11.0 Å². The first-order valence-corrected chi connectivity index (χ1v) is 8.55. The molecular formula is C19H22N4O2. The molecule has 4 rings (SSSR count). The van der Waals surface area contributed by atoms with E-state index in [2.05, 4.69) is 32.4 Å². The number of H-pyrrole nitrogens is 1. The summed E-state index contributed by atoms with van der Waals surface area (Å²) in [4.78, 5) is 11.8. The number of methoxy groups -OCH3 is 1. The first-order valence-electron chi connectivity index (χ1n) is 8.55. The smallest absolute Gasteiger partial charge is 0.142 e. The molecular weight excluding hydrogens is 316 g/mol. The summed E-state index contributed by atoms with van der Waals surface area (Å²) in [6.07, 6.45) is 5.44. The number of benzene rings is 1. The average Bonchev–Trinajstić information content (AvgIpc) is 3.16. The molecule has 3 aromatic rings. The van der Waals surface area contributed by atoms with Gasteiger partial charge in [-0.05, 0) is 36.6 Å². The molecule has 1 aromatic carbocycles. The van der Waals surface area contributed by atoms with Crippen LogP contribution in [-0.2, 0) is 10.2 Å². The van der Waals surface area contributed by atoms with Crippen molar-refractivity contribution in [3.8, 4) is 5.75 Å². The monoisotopic (exact) mass is 338 g/mol. The van der Waals surface area contributed by atoms with E-state index in [9.17, 15) is 0 Å². The molecule has 1 aliphatic heterocycles. The van der Waals surface area contributed by atoms with Gasteiger partial charge >= 0.3 is 0 Å². The van der Waals surface area contributed by atoms with E-state index in [1.54, 1.807) is 13.4 Å². The summed E-state index contributed by atoms with van der Waals surface area (Å²) in [5, 5.41) is 4.57. The molecule has 0 spiro atoms. The molecule has 0 bridgehead atoms. The number of nitrogens with zero attached hydrogens (tertiary/aromatic N) is 2. The lowest BCUT2D eigenvalue weighted by atomic mass is 9.74. The molecule has 6 heteroatoms. The van der Waals surface area contributed by atoms with Crippen molar-refractivity contribution in [3.63, 3.8) is 0 Å².